The molecule has 7 heteroatoms. The van der Waals surface area contributed by atoms with Crippen LogP contribution in [0.2, 0.25) is 0 Å². The van der Waals surface area contributed by atoms with Crippen LogP contribution in [0.1, 0.15) is 12.5 Å². The maximum Gasteiger partial charge on any atom is 0.325 e. The largest absolute Gasteiger partial charge is 0.491 e. The number of hydrogen-bond acceptors (Lipinski definition) is 5. The molecule has 2 N–H and O–H groups in total. The normalized spacial score (nSPS) is 21.7. The van der Waals surface area contributed by atoms with E-state index in [9.17, 15) is 14.7 Å². The number of rotatable bonds is 6. The molecule has 3 amide bonds. The van der Waals surface area contributed by atoms with E-state index in [1.807, 2.05) is 29.0 Å². The number of para-hydroxylation sites is 1. The van der Waals surface area contributed by atoms with E-state index >= 15 is 0 Å². The van der Waals surface area contributed by atoms with Gasteiger partial charge in [0.15, 0.2) is 0 Å². The SMILES string of the molecule is C[C@@]1(c2ccsc2)NC(=O)N(C[C@H](O)COc2ccccc2)C1=O. The lowest BCUT2D eigenvalue weighted by Gasteiger charge is -2.22. The van der Waals surface area contributed by atoms with Crippen LogP contribution < -0.4 is 10.1 Å². The lowest BCUT2D eigenvalue weighted by atomic mass is 9.95. The molecule has 1 aromatic carbocycles. The standard InChI is InChI=1S/C17H18N2O4S/c1-17(12-7-8-24-11-12)15(21)19(16(22)18-17)9-13(20)10-23-14-5-3-2-4-6-14/h2-8,11,13,20H,9-10H2,1H3,(H,18,22)/t13-,17-/m0/s1. The summed E-state index contributed by atoms with van der Waals surface area (Å²) in [6, 6.07) is 10.4. The van der Waals surface area contributed by atoms with Gasteiger partial charge in [-0.2, -0.15) is 11.3 Å². The Hall–Kier alpha value is -2.38. The van der Waals surface area contributed by atoms with E-state index in [-0.39, 0.29) is 19.1 Å². The zero-order chi connectivity index (χ0) is 17.2. The molecule has 3 rings (SSSR count). The highest BCUT2D eigenvalue weighted by atomic mass is 32.1. The van der Waals surface area contributed by atoms with Crippen molar-refractivity contribution < 1.29 is 19.4 Å². The highest BCUT2D eigenvalue weighted by molar-refractivity contribution is 7.08. The van der Waals surface area contributed by atoms with Crippen LogP contribution in [-0.2, 0) is 10.3 Å². The van der Waals surface area contributed by atoms with Crippen LogP contribution in [-0.4, -0.2) is 41.2 Å². The quantitative estimate of drug-likeness (QED) is 0.784. The van der Waals surface area contributed by atoms with Gasteiger partial charge in [0.2, 0.25) is 0 Å². The van der Waals surface area contributed by atoms with Gasteiger partial charge in [0.05, 0.1) is 6.54 Å². The topological polar surface area (TPSA) is 78.9 Å². The molecule has 1 aliphatic rings. The summed E-state index contributed by atoms with van der Waals surface area (Å²) in [5.41, 5.74) is -0.347. The Morgan fingerprint density at radius 2 is 2.04 bits per heavy atom. The number of amides is 3. The molecule has 1 fully saturated rings. The lowest BCUT2D eigenvalue weighted by molar-refractivity contribution is -0.132. The number of imide groups is 1. The number of carbonyl (C=O) groups is 2. The van der Waals surface area contributed by atoms with Crippen molar-refractivity contribution in [2.75, 3.05) is 13.2 Å². The summed E-state index contributed by atoms with van der Waals surface area (Å²) in [6.07, 6.45) is -0.968. The fourth-order valence-electron chi connectivity index (χ4n) is 2.58. The van der Waals surface area contributed by atoms with Crippen LogP contribution in [0.3, 0.4) is 0 Å². The van der Waals surface area contributed by atoms with Crippen LogP contribution in [0.25, 0.3) is 0 Å². The van der Waals surface area contributed by atoms with Crippen molar-refractivity contribution in [3.05, 3.63) is 52.7 Å². The molecular formula is C17H18N2O4S. The number of thiophene rings is 1. The summed E-state index contributed by atoms with van der Waals surface area (Å²) < 4.78 is 5.45. The summed E-state index contributed by atoms with van der Waals surface area (Å²) >= 11 is 1.46. The van der Waals surface area contributed by atoms with E-state index in [2.05, 4.69) is 5.32 Å². The van der Waals surface area contributed by atoms with Gasteiger partial charge < -0.3 is 15.2 Å². The predicted molar refractivity (Wildman–Crippen MR) is 89.9 cm³/mol. The molecule has 24 heavy (non-hydrogen) atoms. The summed E-state index contributed by atoms with van der Waals surface area (Å²) in [5.74, 6) is 0.251. The molecule has 2 atom stereocenters. The molecule has 0 spiro atoms. The van der Waals surface area contributed by atoms with E-state index in [4.69, 9.17) is 4.74 Å². The molecule has 126 valence electrons. The third-order valence-corrected chi connectivity index (χ3v) is 4.64. The number of aliphatic hydroxyl groups is 1. The fourth-order valence-corrected chi connectivity index (χ4v) is 3.34. The predicted octanol–water partition coefficient (Wildman–Crippen LogP) is 1.95. The monoisotopic (exact) mass is 346 g/mol. The van der Waals surface area contributed by atoms with Gasteiger partial charge in [0.25, 0.3) is 5.91 Å². The van der Waals surface area contributed by atoms with Crippen LogP contribution in [0.5, 0.6) is 5.75 Å². The second kappa shape index (κ2) is 6.62. The maximum absolute atomic E-state index is 12.6. The van der Waals surface area contributed by atoms with Gasteiger partial charge in [-0.1, -0.05) is 18.2 Å². The molecule has 0 aliphatic carbocycles. The van der Waals surface area contributed by atoms with Crippen molar-refractivity contribution in [1.82, 2.24) is 10.2 Å². The van der Waals surface area contributed by atoms with Crippen LogP contribution in [0.4, 0.5) is 4.79 Å². The van der Waals surface area contributed by atoms with Gasteiger partial charge in [-0.25, -0.2) is 4.79 Å². The van der Waals surface area contributed by atoms with Crippen molar-refractivity contribution in [2.45, 2.75) is 18.6 Å². The highest BCUT2D eigenvalue weighted by Crippen LogP contribution is 2.30. The zero-order valence-corrected chi connectivity index (χ0v) is 14.0. The Morgan fingerprint density at radius 1 is 1.29 bits per heavy atom. The van der Waals surface area contributed by atoms with Gasteiger partial charge in [-0.15, -0.1) is 0 Å². The van der Waals surface area contributed by atoms with Gasteiger partial charge in [-0.3, -0.25) is 9.69 Å². The first-order valence-corrected chi connectivity index (χ1v) is 8.47. The minimum Gasteiger partial charge on any atom is -0.491 e. The lowest BCUT2D eigenvalue weighted by Crippen LogP contribution is -2.42. The summed E-state index contributed by atoms with van der Waals surface area (Å²) in [6.45, 7) is 1.55. The van der Waals surface area contributed by atoms with E-state index in [1.54, 1.807) is 25.1 Å². The Kier molecular flexibility index (Phi) is 4.55. The maximum atomic E-state index is 12.6. The number of urea groups is 1. The van der Waals surface area contributed by atoms with Crippen molar-refractivity contribution in [3.8, 4) is 5.75 Å². The van der Waals surface area contributed by atoms with Crippen molar-refractivity contribution in [2.24, 2.45) is 0 Å². The molecule has 0 bridgehead atoms. The number of ether oxygens (including phenoxy) is 1. The zero-order valence-electron chi connectivity index (χ0n) is 13.1. The molecule has 1 aromatic heterocycles. The van der Waals surface area contributed by atoms with Crippen molar-refractivity contribution >= 4 is 23.3 Å². The number of aliphatic hydroxyl groups excluding tert-OH is 1. The van der Waals surface area contributed by atoms with Gasteiger partial charge in [0, 0.05) is 0 Å². The number of nitrogens with one attached hydrogen (secondary N) is 1. The first-order valence-electron chi connectivity index (χ1n) is 7.53. The number of nitrogens with zero attached hydrogens (tertiary/aromatic N) is 1. The Bertz CT molecular complexity index is 719. The molecule has 0 saturated carbocycles. The number of carbonyl (C=O) groups excluding carboxylic acids is 2. The second-order valence-electron chi connectivity index (χ2n) is 5.76. The molecule has 0 radical (unpaired) electrons. The van der Waals surface area contributed by atoms with E-state index in [1.165, 1.54) is 11.3 Å². The van der Waals surface area contributed by atoms with Gasteiger partial charge in [0.1, 0.15) is 24.0 Å². The summed E-state index contributed by atoms with van der Waals surface area (Å²) in [5, 5.41) is 16.5. The fraction of sp³-hybridized carbons (Fsp3) is 0.294. The highest BCUT2D eigenvalue weighted by Gasteiger charge is 2.49. The smallest absolute Gasteiger partial charge is 0.325 e. The molecule has 1 aliphatic heterocycles. The van der Waals surface area contributed by atoms with Crippen LogP contribution in [0.15, 0.2) is 47.2 Å². The van der Waals surface area contributed by atoms with E-state index in [0.29, 0.717) is 5.75 Å². The Labute approximate surface area is 143 Å². The van der Waals surface area contributed by atoms with E-state index < -0.39 is 17.7 Å². The molecular weight excluding hydrogens is 328 g/mol. The number of hydrogen-bond donors (Lipinski definition) is 2. The summed E-state index contributed by atoms with van der Waals surface area (Å²) in [7, 11) is 0. The second-order valence-corrected chi connectivity index (χ2v) is 6.54. The average molecular weight is 346 g/mol. The van der Waals surface area contributed by atoms with Gasteiger partial charge >= 0.3 is 6.03 Å². The van der Waals surface area contributed by atoms with Gasteiger partial charge in [-0.05, 0) is 41.4 Å². The van der Waals surface area contributed by atoms with Crippen molar-refractivity contribution in [1.29, 1.82) is 0 Å². The Morgan fingerprint density at radius 3 is 2.71 bits per heavy atom. The Balaban J connectivity index is 1.62. The van der Waals surface area contributed by atoms with Crippen LogP contribution >= 0.6 is 11.3 Å². The first-order chi connectivity index (χ1) is 11.5. The molecule has 1 saturated heterocycles. The van der Waals surface area contributed by atoms with E-state index in [0.717, 1.165) is 10.5 Å². The van der Waals surface area contributed by atoms with Crippen LogP contribution in [0, 0.1) is 0 Å². The molecule has 0 unspecified atom stereocenters. The minimum absolute atomic E-state index is 0.00373. The summed E-state index contributed by atoms with van der Waals surface area (Å²) in [4.78, 5) is 25.8. The molecule has 2 heterocycles. The third-order valence-electron chi connectivity index (χ3n) is 3.95. The van der Waals surface area contributed by atoms with Crippen molar-refractivity contribution in [3.63, 3.8) is 0 Å². The first kappa shape index (κ1) is 16.5. The average Bonchev–Trinajstić information content (AvgIpc) is 3.19. The third kappa shape index (κ3) is 3.13. The minimum atomic E-state index is -1.09. The number of benzene rings is 1. The molecule has 6 nitrogen and oxygen atoms in total. The number of β-amino-alcohol motifs (C(OH)–C–C–N with tert-alkyl or cyclic N) is 1. The molecule has 2 aromatic rings.